The Morgan fingerprint density at radius 1 is 1.11 bits per heavy atom. The average Bonchev–Trinajstić information content (AvgIpc) is 2.40. The summed E-state index contributed by atoms with van der Waals surface area (Å²) in [5, 5.41) is 0. The van der Waals surface area contributed by atoms with E-state index in [4.69, 9.17) is 5.73 Å². The van der Waals surface area contributed by atoms with E-state index >= 15 is 0 Å². The van der Waals surface area contributed by atoms with Crippen LogP contribution in [0.1, 0.15) is 11.1 Å². The summed E-state index contributed by atoms with van der Waals surface area (Å²) in [6.07, 6.45) is 3.05. The van der Waals surface area contributed by atoms with Gasteiger partial charge in [0.25, 0.3) is 10.0 Å². The van der Waals surface area contributed by atoms with Crippen molar-refractivity contribution < 1.29 is 8.42 Å². The van der Waals surface area contributed by atoms with Crippen molar-refractivity contribution in [3.05, 3.63) is 59.9 Å². The number of aromatic nitrogens is 1. The summed E-state index contributed by atoms with van der Waals surface area (Å²) in [6.45, 7) is 1.88. The van der Waals surface area contributed by atoms with Gasteiger partial charge < -0.3 is 5.73 Å². The maximum atomic E-state index is 12.0. The minimum Gasteiger partial charge on any atom is -0.383 e. The molecule has 0 aliphatic rings. The Bertz CT molecular complexity index is 692. The predicted molar refractivity (Wildman–Crippen MR) is 73.3 cm³/mol. The molecule has 19 heavy (non-hydrogen) atoms. The molecule has 0 bridgehead atoms. The SMILES string of the molecule is Cc1ccc(S(=O)(=O)N=C(N)c2ccncc2)cc1. The zero-order chi connectivity index (χ0) is 13.9. The maximum Gasteiger partial charge on any atom is 0.284 e. The molecule has 0 aliphatic heterocycles. The Labute approximate surface area is 111 Å². The van der Waals surface area contributed by atoms with Crippen LogP contribution in [0.15, 0.2) is 58.1 Å². The van der Waals surface area contributed by atoms with Crippen LogP contribution in [0, 0.1) is 6.92 Å². The van der Waals surface area contributed by atoms with Crippen LogP contribution in [-0.2, 0) is 10.0 Å². The Kier molecular flexibility index (Phi) is 3.62. The number of rotatable bonds is 3. The molecule has 0 aliphatic carbocycles. The second-order valence-electron chi connectivity index (χ2n) is 4.00. The molecule has 0 atom stereocenters. The van der Waals surface area contributed by atoms with Gasteiger partial charge in [0.05, 0.1) is 4.90 Å². The molecule has 1 heterocycles. The van der Waals surface area contributed by atoms with Gasteiger partial charge in [-0.25, -0.2) is 0 Å². The minimum absolute atomic E-state index is 0.0528. The average molecular weight is 275 g/mol. The largest absolute Gasteiger partial charge is 0.383 e. The van der Waals surface area contributed by atoms with Gasteiger partial charge in [-0.15, -0.1) is 4.40 Å². The molecule has 2 N–H and O–H groups in total. The third-order valence-electron chi connectivity index (χ3n) is 2.51. The molecule has 0 radical (unpaired) electrons. The van der Waals surface area contributed by atoms with E-state index in [1.54, 1.807) is 24.3 Å². The smallest absolute Gasteiger partial charge is 0.284 e. The Hall–Kier alpha value is -2.21. The fraction of sp³-hybridized carbons (Fsp3) is 0.0769. The summed E-state index contributed by atoms with van der Waals surface area (Å²) in [6, 6.07) is 9.64. The first-order valence-electron chi connectivity index (χ1n) is 5.56. The van der Waals surface area contributed by atoms with Gasteiger partial charge in [0.1, 0.15) is 5.84 Å². The number of nitrogens with two attached hydrogens (primary N) is 1. The summed E-state index contributed by atoms with van der Waals surface area (Å²) >= 11 is 0. The lowest BCUT2D eigenvalue weighted by molar-refractivity contribution is 0.598. The van der Waals surface area contributed by atoms with Gasteiger partial charge in [0.2, 0.25) is 0 Å². The summed E-state index contributed by atoms with van der Waals surface area (Å²) in [4.78, 5) is 3.95. The molecule has 0 unspecified atom stereocenters. The summed E-state index contributed by atoms with van der Waals surface area (Å²) < 4.78 is 27.7. The lowest BCUT2D eigenvalue weighted by atomic mass is 10.2. The normalized spacial score (nSPS) is 12.4. The highest BCUT2D eigenvalue weighted by Crippen LogP contribution is 2.13. The molecule has 1 aromatic carbocycles. The highest BCUT2D eigenvalue weighted by atomic mass is 32.2. The molecular formula is C13H13N3O2S. The molecule has 0 saturated carbocycles. The topological polar surface area (TPSA) is 85.4 Å². The van der Waals surface area contributed by atoms with Crippen LogP contribution in [0.5, 0.6) is 0 Å². The lowest BCUT2D eigenvalue weighted by Gasteiger charge is -2.02. The zero-order valence-corrected chi connectivity index (χ0v) is 11.1. The Morgan fingerprint density at radius 2 is 1.68 bits per heavy atom. The molecule has 0 spiro atoms. The number of hydrogen-bond acceptors (Lipinski definition) is 3. The third-order valence-corrected chi connectivity index (χ3v) is 3.82. The molecule has 0 amide bonds. The Balaban J connectivity index is 2.39. The van der Waals surface area contributed by atoms with Gasteiger partial charge in [-0.2, -0.15) is 8.42 Å². The fourth-order valence-electron chi connectivity index (χ4n) is 1.47. The Morgan fingerprint density at radius 3 is 2.26 bits per heavy atom. The van der Waals surface area contributed by atoms with Crippen LogP contribution >= 0.6 is 0 Å². The van der Waals surface area contributed by atoms with E-state index < -0.39 is 10.0 Å². The van der Waals surface area contributed by atoms with Gasteiger partial charge in [-0.3, -0.25) is 4.98 Å². The second kappa shape index (κ2) is 5.19. The molecule has 2 rings (SSSR count). The molecule has 2 aromatic rings. The fourth-order valence-corrected chi connectivity index (χ4v) is 2.42. The van der Waals surface area contributed by atoms with E-state index in [2.05, 4.69) is 9.38 Å². The minimum atomic E-state index is -3.78. The number of sulfonamides is 1. The number of hydrogen-bond donors (Lipinski definition) is 1. The first-order valence-corrected chi connectivity index (χ1v) is 7.00. The first-order chi connectivity index (χ1) is 8.99. The van der Waals surface area contributed by atoms with Crippen LogP contribution < -0.4 is 5.73 Å². The van der Waals surface area contributed by atoms with Crippen LogP contribution in [-0.4, -0.2) is 19.2 Å². The predicted octanol–water partition coefficient (Wildman–Crippen LogP) is 1.48. The second-order valence-corrected chi connectivity index (χ2v) is 5.60. The van der Waals surface area contributed by atoms with Crippen molar-refractivity contribution in [3.63, 3.8) is 0 Å². The van der Waals surface area contributed by atoms with Gasteiger partial charge in [0.15, 0.2) is 0 Å². The van der Waals surface area contributed by atoms with Gasteiger partial charge in [-0.1, -0.05) is 17.7 Å². The van der Waals surface area contributed by atoms with Crippen LogP contribution in [0.3, 0.4) is 0 Å². The summed E-state index contributed by atoms with van der Waals surface area (Å²) in [5.41, 5.74) is 7.19. The molecule has 5 nitrogen and oxygen atoms in total. The van der Waals surface area contributed by atoms with Crippen LogP contribution in [0.25, 0.3) is 0 Å². The van der Waals surface area contributed by atoms with Crippen molar-refractivity contribution in [1.82, 2.24) is 4.98 Å². The van der Waals surface area contributed by atoms with E-state index in [1.165, 1.54) is 24.5 Å². The van der Waals surface area contributed by atoms with Crippen LogP contribution in [0.2, 0.25) is 0 Å². The first kappa shape index (κ1) is 13.2. The molecule has 0 saturated heterocycles. The number of pyridine rings is 1. The van der Waals surface area contributed by atoms with Crippen molar-refractivity contribution in [2.45, 2.75) is 11.8 Å². The third kappa shape index (κ3) is 3.17. The quantitative estimate of drug-likeness (QED) is 0.679. The van der Waals surface area contributed by atoms with E-state index in [0.29, 0.717) is 5.56 Å². The highest BCUT2D eigenvalue weighted by molar-refractivity contribution is 7.90. The van der Waals surface area contributed by atoms with E-state index in [1.807, 2.05) is 6.92 Å². The number of amidine groups is 1. The van der Waals surface area contributed by atoms with Crippen molar-refractivity contribution in [3.8, 4) is 0 Å². The number of aryl methyl sites for hydroxylation is 1. The monoisotopic (exact) mass is 275 g/mol. The standard InChI is InChI=1S/C13H13N3O2S/c1-10-2-4-12(5-3-10)19(17,18)16-13(14)11-6-8-15-9-7-11/h2-9H,1H3,(H2,14,16). The van der Waals surface area contributed by atoms with Gasteiger partial charge >= 0.3 is 0 Å². The molecular weight excluding hydrogens is 262 g/mol. The summed E-state index contributed by atoms with van der Waals surface area (Å²) in [7, 11) is -3.78. The van der Waals surface area contributed by atoms with E-state index in [0.717, 1.165) is 5.56 Å². The molecule has 0 fully saturated rings. The van der Waals surface area contributed by atoms with Crippen molar-refractivity contribution in [1.29, 1.82) is 0 Å². The molecule has 6 heteroatoms. The maximum absolute atomic E-state index is 12.0. The van der Waals surface area contributed by atoms with Crippen molar-refractivity contribution >= 4 is 15.9 Å². The number of nitrogens with zero attached hydrogens (tertiary/aromatic N) is 2. The van der Waals surface area contributed by atoms with Gasteiger partial charge in [-0.05, 0) is 31.2 Å². The number of benzene rings is 1. The van der Waals surface area contributed by atoms with Gasteiger partial charge in [0, 0.05) is 18.0 Å². The zero-order valence-electron chi connectivity index (χ0n) is 10.3. The van der Waals surface area contributed by atoms with E-state index in [-0.39, 0.29) is 10.7 Å². The van der Waals surface area contributed by atoms with Crippen molar-refractivity contribution in [2.75, 3.05) is 0 Å². The van der Waals surface area contributed by atoms with Crippen LogP contribution in [0.4, 0.5) is 0 Å². The van der Waals surface area contributed by atoms with E-state index in [9.17, 15) is 8.42 Å². The summed E-state index contributed by atoms with van der Waals surface area (Å²) in [5.74, 6) is -0.0528. The highest BCUT2D eigenvalue weighted by Gasteiger charge is 2.13. The van der Waals surface area contributed by atoms with Crippen molar-refractivity contribution in [2.24, 2.45) is 10.1 Å². The molecule has 98 valence electrons. The lowest BCUT2D eigenvalue weighted by Crippen LogP contribution is -2.16. The molecule has 1 aromatic heterocycles.